The molecule has 0 amide bonds. The van der Waals surface area contributed by atoms with Gasteiger partial charge in [0.1, 0.15) is 0 Å². The van der Waals surface area contributed by atoms with Crippen molar-refractivity contribution in [1.82, 2.24) is 4.31 Å². The van der Waals surface area contributed by atoms with Crippen LogP contribution in [-0.4, -0.2) is 45.7 Å². The average molecular weight is 329 g/mol. The maximum atomic E-state index is 12.6. The minimum Gasteiger partial charge on any atom is -0.229 e. The largest absolute Gasteiger partial charge is 0.243 e. The number of benzene rings is 1. The molecule has 0 unspecified atom stereocenters. The lowest BCUT2D eigenvalue weighted by atomic mass is 9.92. The number of sulfonamides is 1. The predicted octanol–water partition coefficient (Wildman–Crippen LogP) is 0.985. The van der Waals surface area contributed by atoms with Crippen LogP contribution in [0.15, 0.2) is 23.1 Å². The van der Waals surface area contributed by atoms with Gasteiger partial charge in [0.15, 0.2) is 9.84 Å². The number of hydrogen-bond acceptors (Lipinski definition) is 4. The Bertz CT molecular complexity index is 739. The molecule has 116 valence electrons. The Balaban J connectivity index is 1.88. The molecule has 1 aliphatic heterocycles. The molecule has 2 aliphatic rings. The molecule has 7 heteroatoms. The Kier molecular flexibility index (Phi) is 3.83. The van der Waals surface area contributed by atoms with Crippen molar-refractivity contribution in [3.05, 3.63) is 29.3 Å². The Labute approximate surface area is 125 Å². The van der Waals surface area contributed by atoms with E-state index in [2.05, 4.69) is 0 Å². The van der Waals surface area contributed by atoms with E-state index < -0.39 is 19.9 Å². The summed E-state index contributed by atoms with van der Waals surface area (Å²) in [6, 6.07) is 5.33. The Hall–Kier alpha value is -0.920. The van der Waals surface area contributed by atoms with E-state index in [-0.39, 0.29) is 24.6 Å². The second-order valence-corrected chi connectivity index (χ2v) is 9.94. The molecule has 1 saturated heterocycles. The van der Waals surface area contributed by atoms with Gasteiger partial charge in [0.2, 0.25) is 10.0 Å². The van der Waals surface area contributed by atoms with Crippen LogP contribution in [0.2, 0.25) is 0 Å². The first kappa shape index (κ1) is 15.0. The van der Waals surface area contributed by atoms with Gasteiger partial charge in [-0.2, -0.15) is 4.31 Å². The van der Waals surface area contributed by atoms with E-state index in [4.69, 9.17) is 0 Å². The minimum atomic E-state index is -3.58. The van der Waals surface area contributed by atoms with Crippen LogP contribution in [0.5, 0.6) is 0 Å². The molecule has 0 aromatic heterocycles. The summed E-state index contributed by atoms with van der Waals surface area (Å²) >= 11 is 0. The van der Waals surface area contributed by atoms with Crippen LogP contribution in [0.3, 0.4) is 0 Å². The third-order valence-electron chi connectivity index (χ3n) is 4.26. The second-order valence-electron chi connectivity index (χ2n) is 5.69. The molecule has 0 N–H and O–H groups in total. The van der Waals surface area contributed by atoms with Gasteiger partial charge >= 0.3 is 0 Å². The first-order valence-electron chi connectivity index (χ1n) is 7.21. The van der Waals surface area contributed by atoms with Gasteiger partial charge in [-0.05, 0) is 48.9 Å². The SMILES string of the molecule is O=S1(=O)CCN(S(=O)(=O)c2ccc3c(c2)CCCC3)CC1. The molecule has 1 heterocycles. The molecule has 0 atom stereocenters. The maximum Gasteiger partial charge on any atom is 0.243 e. The fourth-order valence-electron chi connectivity index (χ4n) is 2.96. The van der Waals surface area contributed by atoms with Crippen LogP contribution in [0.4, 0.5) is 0 Å². The number of hydrogen-bond donors (Lipinski definition) is 0. The number of fused-ring (bicyclic) bond motifs is 1. The lowest BCUT2D eigenvalue weighted by Gasteiger charge is -2.26. The molecular weight excluding hydrogens is 310 g/mol. The van der Waals surface area contributed by atoms with Crippen molar-refractivity contribution in [2.45, 2.75) is 30.6 Å². The molecule has 1 fully saturated rings. The van der Waals surface area contributed by atoms with Crippen molar-refractivity contribution < 1.29 is 16.8 Å². The van der Waals surface area contributed by atoms with Gasteiger partial charge in [-0.15, -0.1) is 0 Å². The van der Waals surface area contributed by atoms with E-state index >= 15 is 0 Å². The molecule has 1 aliphatic carbocycles. The number of aryl methyl sites for hydroxylation is 2. The summed E-state index contributed by atoms with van der Waals surface area (Å²) in [5.41, 5.74) is 2.35. The standard InChI is InChI=1S/C14H19NO4S2/c16-20(17)9-7-15(8-10-20)21(18,19)14-6-5-12-3-1-2-4-13(12)11-14/h5-6,11H,1-4,7-10H2. The van der Waals surface area contributed by atoms with E-state index in [1.54, 1.807) is 12.1 Å². The lowest BCUT2D eigenvalue weighted by molar-refractivity contribution is 0.430. The van der Waals surface area contributed by atoms with E-state index in [9.17, 15) is 16.8 Å². The molecule has 21 heavy (non-hydrogen) atoms. The van der Waals surface area contributed by atoms with E-state index in [1.807, 2.05) is 6.07 Å². The topological polar surface area (TPSA) is 71.5 Å². The molecule has 1 aromatic carbocycles. The molecule has 0 saturated carbocycles. The highest BCUT2D eigenvalue weighted by molar-refractivity contribution is 7.92. The smallest absolute Gasteiger partial charge is 0.229 e. The summed E-state index contributed by atoms with van der Waals surface area (Å²) in [7, 11) is -6.66. The van der Waals surface area contributed by atoms with Crippen LogP contribution in [0, 0.1) is 0 Å². The van der Waals surface area contributed by atoms with Crippen molar-refractivity contribution in [3.63, 3.8) is 0 Å². The average Bonchev–Trinajstić information content (AvgIpc) is 2.46. The molecule has 5 nitrogen and oxygen atoms in total. The number of nitrogens with zero attached hydrogens (tertiary/aromatic N) is 1. The first-order valence-corrected chi connectivity index (χ1v) is 10.5. The van der Waals surface area contributed by atoms with Crippen LogP contribution in [0.25, 0.3) is 0 Å². The molecule has 0 radical (unpaired) electrons. The molecule has 1 aromatic rings. The fraction of sp³-hybridized carbons (Fsp3) is 0.571. The highest BCUT2D eigenvalue weighted by Crippen LogP contribution is 2.26. The number of sulfone groups is 1. The molecular formula is C14H19NO4S2. The highest BCUT2D eigenvalue weighted by atomic mass is 32.2. The van der Waals surface area contributed by atoms with Crippen molar-refractivity contribution >= 4 is 19.9 Å². The van der Waals surface area contributed by atoms with E-state index in [0.29, 0.717) is 4.90 Å². The Morgan fingerprint density at radius 3 is 2.24 bits per heavy atom. The first-order chi connectivity index (χ1) is 9.88. The minimum absolute atomic E-state index is 0.0573. The quantitative estimate of drug-likeness (QED) is 0.811. The van der Waals surface area contributed by atoms with Gasteiger partial charge in [-0.1, -0.05) is 6.07 Å². The molecule has 3 rings (SSSR count). The summed E-state index contributed by atoms with van der Waals surface area (Å²) < 4.78 is 49.4. The van der Waals surface area contributed by atoms with Crippen molar-refractivity contribution in [2.24, 2.45) is 0 Å². The molecule has 0 spiro atoms. The lowest BCUT2D eigenvalue weighted by Crippen LogP contribution is -2.43. The Morgan fingerprint density at radius 2 is 1.57 bits per heavy atom. The van der Waals surface area contributed by atoms with Crippen LogP contribution in [0.1, 0.15) is 24.0 Å². The highest BCUT2D eigenvalue weighted by Gasteiger charge is 2.31. The Morgan fingerprint density at radius 1 is 0.952 bits per heavy atom. The normalized spacial score (nSPS) is 22.7. The zero-order valence-corrected chi connectivity index (χ0v) is 13.4. The van der Waals surface area contributed by atoms with Gasteiger partial charge in [-0.3, -0.25) is 0 Å². The van der Waals surface area contributed by atoms with Crippen molar-refractivity contribution in [1.29, 1.82) is 0 Å². The maximum absolute atomic E-state index is 12.6. The third kappa shape index (κ3) is 3.00. The van der Waals surface area contributed by atoms with Gasteiger partial charge in [-0.25, -0.2) is 16.8 Å². The van der Waals surface area contributed by atoms with Crippen LogP contribution < -0.4 is 0 Å². The number of rotatable bonds is 2. The summed E-state index contributed by atoms with van der Waals surface area (Å²) in [6.45, 7) is 0.115. The van der Waals surface area contributed by atoms with Crippen LogP contribution in [-0.2, 0) is 32.7 Å². The van der Waals surface area contributed by atoms with Crippen LogP contribution >= 0.6 is 0 Å². The van der Waals surface area contributed by atoms with Gasteiger partial charge in [0.05, 0.1) is 16.4 Å². The van der Waals surface area contributed by atoms with Gasteiger partial charge in [0.25, 0.3) is 0 Å². The van der Waals surface area contributed by atoms with E-state index in [1.165, 1.54) is 9.87 Å². The summed E-state index contributed by atoms with van der Waals surface area (Å²) in [5, 5.41) is 0. The fourth-order valence-corrected chi connectivity index (χ4v) is 5.88. The van der Waals surface area contributed by atoms with E-state index in [0.717, 1.165) is 31.2 Å². The van der Waals surface area contributed by atoms with Gasteiger partial charge in [0, 0.05) is 13.1 Å². The second kappa shape index (κ2) is 5.37. The summed E-state index contributed by atoms with van der Waals surface area (Å²) in [5.74, 6) is -0.172. The summed E-state index contributed by atoms with van der Waals surface area (Å²) in [4.78, 5) is 0.294. The summed E-state index contributed by atoms with van der Waals surface area (Å²) in [6.07, 6.45) is 4.19. The predicted molar refractivity (Wildman–Crippen MR) is 80.5 cm³/mol. The van der Waals surface area contributed by atoms with Crippen molar-refractivity contribution in [3.8, 4) is 0 Å². The zero-order chi connectivity index (χ0) is 15.1. The third-order valence-corrected chi connectivity index (χ3v) is 7.76. The zero-order valence-electron chi connectivity index (χ0n) is 11.8. The van der Waals surface area contributed by atoms with Crippen molar-refractivity contribution in [2.75, 3.05) is 24.6 Å². The molecule has 0 bridgehead atoms. The monoisotopic (exact) mass is 329 g/mol. The van der Waals surface area contributed by atoms with Gasteiger partial charge < -0.3 is 0 Å².